The summed E-state index contributed by atoms with van der Waals surface area (Å²) in [5, 5.41) is 4.57. The Labute approximate surface area is 96.6 Å². The molecule has 0 nitrogen and oxygen atoms in total. The first kappa shape index (κ1) is 8.77. The van der Waals surface area contributed by atoms with Gasteiger partial charge in [0.05, 0.1) is 8.07 Å². The minimum Gasteiger partial charge on any atom is -0.0742 e. The highest BCUT2D eigenvalue weighted by atomic mass is 28.3. The Hall–Kier alpha value is -1.34. The van der Waals surface area contributed by atoms with E-state index in [0.29, 0.717) is 0 Å². The third-order valence-corrected chi connectivity index (χ3v) is 7.98. The van der Waals surface area contributed by atoms with Crippen LogP contribution in [0.25, 0.3) is 16.8 Å². The van der Waals surface area contributed by atoms with Gasteiger partial charge in [-0.2, -0.15) is 0 Å². The summed E-state index contributed by atoms with van der Waals surface area (Å²) in [6, 6.07) is 13.4. The van der Waals surface area contributed by atoms with E-state index in [1.165, 1.54) is 16.3 Å². The Morgan fingerprint density at radius 1 is 1.00 bits per heavy atom. The van der Waals surface area contributed by atoms with Crippen LogP contribution < -0.4 is 0 Å². The van der Waals surface area contributed by atoms with Gasteiger partial charge in [0.2, 0.25) is 0 Å². The summed E-state index contributed by atoms with van der Waals surface area (Å²) in [4.78, 5) is 0. The summed E-state index contributed by atoms with van der Waals surface area (Å²) in [7, 11) is -0.985. The van der Waals surface area contributed by atoms with E-state index in [1.54, 1.807) is 10.8 Å². The van der Waals surface area contributed by atoms with Crippen molar-refractivity contribution in [2.45, 2.75) is 18.6 Å². The van der Waals surface area contributed by atoms with Gasteiger partial charge in [-0.1, -0.05) is 60.8 Å². The van der Waals surface area contributed by atoms with Gasteiger partial charge in [0, 0.05) is 5.54 Å². The van der Waals surface area contributed by atoms with Crippen LogP contribution in [0.4, 0.5) is 0 Å². The van der Waals surface area contributed by atoms with E-state index in [9.17, 15) is 0 Å². The van der Waals surface area contributed by atoms with Gasteiger partial charge in [0.1, 0.15) is 0 Å². The molecule has 1 fully saturated rings. The molecule has 2 aliphatic rings. The smallest absolute Gasteiger partial charge is 0.0742 e. The lowest BCUT2D eigenvalue weighted by Crippen LogP contribution is -2.07. The van der Waals surface area contributed by atoms with Crippen molar-refractivity contribution in [1.29, 1.82) is 0 Å². The maximum Gasteiger partial charge on any atom is 0.0872 e. The third-order valence-electron chi connectivity index (χ3n) is 4.31. The number of hydrogen-bond donors (Lipinski definition) is 0. The minimum atomic E-state index is -0.985. The van der Waals surface area contributed by atoms with E-state index in [0.717, 1.165) is 5.54 Å². The van der Waals surface area contributed by atoms with Crippen molar-refractivity contribution >= 4 is 24.9 Å². The zero-order chi connectivity index (χ0) is 10.9. The molecule has 1 aliphatic heterocycles. The molecule has 1 atom stereocenters. The second-order valence-electron chi connectivity index (χ2n) is 5.54. The van der Waals surface area contributed by atoms with Crippen molar-refractivity contribution in [2.24, 2.45) is 0 Å². The van der Waals surface area contributed by atoms with E-state index in [1.807, 2.05) is 0 Å². The predicted molar refractivity (Wildman–Crippen MR) is 72.1 cm³/mol. The largest absolute Gasteiger partial charge is 0.0872 e. The molecule has 0 amide bonds. The van der Waals surface area contributed by atoms with Crippen LogP contribution in [0.5, 0.6) is 0 Å². The first-order valence-electron chi connectivity index (χ1n) is 5.93. The van der Waals surface area contributed by atoms with Crippen LogP contribution in [-0.2, 0) is 0 Å². The zero-order valence-corrected chi connectivity index (χ0v) is 10.6. The molecule has 1 unspecified atom stereocenters. The number of allylic oxidation sites excluding steroid dienone is 1. The van der Waals surface area contributed by atoms with Crippen LogP contribution in [-0.4, -0.2) is 8.07 Å². The monoisotopic (exact) mass is 222 g/mol. The minimum absolute atomic E-state index is 0.840. The number of benzene rings is 2. The highest BCUT2D eigenvalue weighted by molar-refractivity contribution is 6.99. The van der Waals surface area contributed by atoms with Crippen LogP contribution in [0.2, 0.25) is 13.1 Å². The molecular weight excluding hydrogens is 208 g/mol. The van der Waals surface area contributed by atoms with Gasteiger partial charge in [-0.25, -0.2) is 0 Å². The lowest BCUT2D eigenvalue weighted by Gasteiger charge is -2.09. The van der Waals surface area contributed by atoms with Crippen molar-refractivity contribution in [1.82, 2.24) is 0 Å². The lowest BCUT2D eigenvalue weighted by molar-refractivity contribution is 1.31. The molecule has 0 saturated carbocycles. The van der Waals surface area contributed by atoms with E-state index in [2.05, 4.69) is 55.6 Å². The van der Waals surface area contributed by atoms with E-state index in [4.69, 9.17) is 0 Å². The number of fused-ring (bicyclic) bond motifs is 5. The summed E-state index contributed by atoms with van der Waals surface area (Å²) in [6.45, 7) is 4.98. The maximum absolute atomic E-state index is 2.49. The molecule has 0 bridgehead atoms. The van der Waals surface area contributed by atoms with Crippen LogP contribution in [0.3, 0.4) is 0 Å². The Bertz CT molecular complexity index is 650. The van der Waals surface area contributed by atoms with Gasteiger partial charge in [-0.3, -0.25) is 0 Å². The summed E-state index contributed by atoms with van der Waals surface area (Å²) >= 11 is 0. The molecule has 16 heavy (non-hydrogen) atoms. The van der Waals surface area contributed by atoms with Crippen molar-refractivity contribution in [3.8, 4) is 0 Å². The highest BCUT2D eigenvalue weighted by Crippen LogP contribution is 2.61. The SMILES string of the molecule is C[Si]1(C)C2=Cc3c(ccc4ccccc34)C21. The van der Waals surface area contributed by atoms with Crippen LogP contribution >= 0.6 is 0 Å². The van der Waals surface area contributed by atoms with Gasteiger partial charge < -0.3 is 0 Å². The number of hydrogen-bond acceptors (Lipinski definition) is 0. The second kappa shape index (κ2) is 2.49. The van der Waals surface area contributed by atoms with Crippen molar-refractivity contribution in [3.63, 3.8) is 0 Å². The molecule has 0 spiro atoms. The predicted octanol–water partition coefficient (Wildman–Crippen LogP) is 4.12. The fraction of sp³-hybridized carbons (Fsp3) is 0.200. The van der Waals surface area contributed by atoms with Crippen LogP contribution in [0, 0.1) is 0 Å². The summed E-state index contributed by atoms with van der Waals surface area (Å²) < 4.78 is 0. The molecule has 2 aromatic rings. The molecule has 0 radical (unpaired) electrons. The first-order chi connectivity index (χ1) is 7.69. The van der Waals surface area contributed by atoms with Gasteiger partial charge in [0.25, 0.3) is 0 Å². The van der Waals surface area contributed by atoms with Crippen molar-refractivity contribution < 1.29 is 0 Å². The maximum atomic E-state index is 2.49. The summed E-state index contributed by atoms with van der Waals surface area (Å²) in [6.07, 6.45) is 2.48. The average molecular weight is 222 g/mol. The Balaban J connectivity index is 2.06. The standard InChI is InChI=1S/C15H14Si/c1-16(2)14-9-13-11-6-4-3-5-10(11)7-8-12(13)15(14)16/h3-9,15H,1-2H3. The van der Waals surface area contributed by atoms with Gasteiger partial charge in [0.15, 0.2) is 0 Å². The topological polar surface area (TPSA) is 0 Å². The first-order valence-corrected chi connectivity index (χ1v) is 9.01. The molecule has 0 aromatic heterocycles. The fourth-order valence-electron chi connectivity index (χ4n) is 3.29. The third kappa shape index (κ3) is 0.862. The number of rotatable bonds is 0. The van der Waals surface area contributed by atoms with Gasteiger partial charge in [-0.15, -0.1) is 0 Å². The zero-order valence-electron chi connectivity index (χ0n) is 9.62. The normalized spacial score (nSPS) is 23.9. The Morgan fingerprint density at radius 3 is 2.69 bits per heavy atom. The summed E-state index contributed by atoms with van der Waals surface area (Å²) in [5.74, 6) is 0. The molecule has 1 heterocycles. The fourth-order valence-corrected chi connectivity index (χ4v) is 7.10. The quantitative estimate of drug-likeness (QED) is 0.588. The molecule has 4 rings (SSSR count). The van der Waals surface area contributed by atoms with E-state index < -0.39 is 8.07 Å². The van der Waals surface area contributed by atoms with Crippen molar-refractivity contribution in [2.75, 3.05) is 0 Å². The molecular formula is C15H14Si. The Kier molecular flexibility index (Phi) is 1.36. The molecule has 1 aliphatic carbocycles. The summed E-state index contributed by atoms with van der Waals surface area (Å²) in [5.41, 5.74) is 3.95. The lowest BCUT2D eigenvalue weighted by atomic mass is 10.0. The Morgan fingerprint density at radius 2 is 1.81 bits per heavy atom. The van der Waals surface area contributed by atoms with Crippen LogP contribution in [0.15, 0.2) is 41.6 Å². The molecule has 1 saturated heterocycles. The van der Waals surface area contributed by atoms with Crippen LogP contribution in [0.1, 0.15) is 16.7 Å². The van der Waals surface area contributed by atoms with Gasteiger partial charge in [-0.05, 0) is 21.9 Å². The highest BCUT2D eigenvalue weighted by Gasteiger charge is 2.57. The molecule has 0 N–H and O–H groups in total. The molecule has 78 valence electrons. The molecule has 1 heteroatoms. The second-order valence-corrected chi connectivity index (χ2v) is 10.1. The van der Waals surface area contributed by atoms with Crippen molar-refractivity contribution in [3.05, 3.63) is 52.7 Å². The van der Waals surface area contributed by atoms with E-state index >= 15 is 0 Å². The van der Waals surface area contributed by atoms with E-state index in [-0.39, 0.29) is 0 Å². The van der Waals surface area contributed by atoms with Gasteiger partial charge >= 0.3 is 0 Å². The molecule has 2 aromatic carbocycles. The average Bonchev–Trinajstić information content (AvgIpc) is 2.69.